The molecule has 1 aromatic rings. The molecule has 5 nitrogen and oxygen atoms in total. The second kappa shape index (κ2) is 5.01. The molecule has 0 spiro atoms. The summed E-state index contributed by atoms with van der Waals surface area (Å²) >= 11 is 0. The van der Waals surface area contributed by atoms with Crippen LogP contribution in [0.25, 0.3) is 0 Å². The van der Waals surface area contributed by atoms with Crippen molar-refractivity contribution in [2.45, 2.75) is 18.1 Å². The van der Waals surface area contributed by atoms with E-state index in [1.165, 1.54) is 4.31 Å². The Bertz CT molecular complexity index is 455. The second-order valence-electron chi connectivity index (χ2n) is 4.19. The lowest BCUT2D eigenvalue weighted by atomic mass is 10.2. The van der Waals surface area contributed by atoms with Crippen molar-refractivity contribution in [3.05, 3.63) is 24.5 Å². The maximum absolute atomic E-state index is 12.3. The van der Waals surface area contributed by atoms with Crippen LogP contribution in [0.15, 0.2) is 24.5 Å². The molecule has 0 bridgehead atoms. The first kappa shape index (κ1) is 12.3. The van der Waals surface area contributed by atoms with Crippen LogP contribution in [0.4, 0.5) is 5.69 Å². The first-order chi connectivity index (χ1) is 8.12. The molecule has 1 fully saturated rings. The summed E-state index contributed by atoms with van der Waals surface area (Å²) in [6.07, 6.45) is 4.82. The quantitative estimate of drug-likeness (QED) is 0.859. The summed E-state index contributed by atoms with van der Waals surface area (Å²) in [5, 5.41) is 2.79. The molecule has 1 aliphatic heterocycles. The molecule has 1 unspecified atom stereocenters. The van der Waals surface area contributed by atoms with Crippen molar-refractivity contribution >= 4 is 15.7 Å². The zero-order valence-corrected chi connectivity index (χ0v) is 10.7. The summed E-state index contributed by atoms with van der Waals surface area (Å²) < 4.78 is 26.0. The van der Waals surface area contributed by atoms with Gasteiger partial charge in [-0.3, -0.25) is 9.29 Å². The summed E-state index contributed by atoms with van der Waals surface area (Å²) in [4.78, 5) is 3.94. The van der Waals surface area contributed by atoms with Crippen molar-refractivity contribution in [2.24, 2.45) is 0 Å². The second-order valence-corrected chi connectivity index (χ2v) is 6.44. The molecule has 1 atom stereocenters. The van der Waals surface area contributed by atoms with Gasteiger partial charge in [-0.1, -0.05) is 0 Å². The number of hydrogen-bond donors (Lipinski definition) is 1. The van der Waals surface area contributed by atoms with Gasteiger partial charge in [0.1, 0.15) is 0 Å². The van der Waals surface area contributed by atoms with Crippen molar-refractivity contribution in [2.75, 3.05) is 24.4 Å². The Balaban J connectivity index is 2.20. The largest absolute Gasteiger partial charge is 0.315 e. The Hall–Kier alpha value is -1.14. The number of rotatable bonds is 3. The van der Waals surface area contributed by atoms with Gasteiger partial charge in [0.05, 0.1) is 17.1 Å². The number of hydrogen-bond acceptors (Lipinski definition) is 4. The highest BCUT2D eigenvalue weighted by Gasteiger charge is 2.31. The number of nitrogens with one attached hydrogen (secondary N) is 1. The van der Waals surface area contributed by atoms with Crippen LogP contribution in [0.1, 0.15) is 12.8 Å². The van der Waals surface area contributed by atoms with Crippen LogP contribution >= 0.6 is 0 Å². The van der Waals surface area contributed by atoms with E-state index in [4.69, 9.17) is 0 Å². The van der Waals surface area contributed by atoms with Crippen LogP contribution in [-0.4, -0.2) is 38.8 Å². The van der Waals surface area contributed by atoms with Gasteiger partial charge >= 0.3 is 0 Å². The Labute approximate surface area is 102 Å². The molecule has 1 aromatic heterocycles. The SMILES string of the molecule is CN(c1cccnc1)S(=O)(=O)C1CCCNC1. The van der Waals surface area contributed by atoms with Crippen LogP contribution in [-0.2, 0) is 10.0 Å². The summed E-state index contributed by atoms with van der Waals surface area (Å²) in [5.41, 5.74) is 0.609. The monoisotopic (exact) mass is 255 g/mol. The molecule has 0 radical (unpaired) electrons. The minimum absolute atomic E-state index is 0.332. The van der Waals surface area contributed by atoms with Gasteiger partial charge in [-0.25, -0.2) is 8.42 Å². The molecule has 2 rings (SSSR count). The molecular formula is C11H17N3O2S. The van der Waals surface area contributed by atoms with Gasteiger partial charge in [-0.05, 0) is 31.5 Å². The highest BCUT2D eigenvalue weighted by atomic mass is 32.2. The van der Waals surface area contributed by atoms with Crippen LogP contribution < -0.4 is 9.62 Å². The third kappa shape index (κ3) is 2.58. The van der Waals surface area contributed by atoms with Crippen LogP contribution in [0, 0.1) is 0 Å². The minimum Gasteiger partial charge on any atom is -0.315 e. The van der Waals surface area contributed by atoms with E-state index in [2.05, 4.69) is 10.3 Å². The lowest BCUT2D eigenvalue weighted by molar-refractivity contribution is 0.496. The molecule has 1 saturated heterocycles. The van der Waals surface area contributed by atoms with Gasteiger partial charge in [0.15, 0.2) is 0 Å². The Morgan fingerprint density at radius 1 is 1.53 bits per heavy atom. The molecule has 1 N–H and O–H groups in total. The molecule has 94 valence electrons. The van der Waals surface area contributed by atoms with Crippen molar-refractivity contribution in [1.82, 2.24) is 10.3 Å². The molecule has 0 amide bonds. The molecular weight excluding hydrogens is 238 g/mol. The van der Waals surface area contributed by atoms with Gasteiger partial charge in [0, 0.05) is 19.8 Å². The maximum atomic E-state index is 12.3. The van der Waals surface area contributed by atoms with Crippen molar-refractivity contribution in [3.63, 3.8) is 0 Å². The predicted molar refractivity (Wildman–Crippen MR) is 67.5 cm³/mol. The standard InChI is InChI=1S/C11H17N3O2S/c1-14(10-4-2-6-12-8-10)17(15,16)11-5-3-7-13-9-11/h2,4,6,8,11,13H,3,5,7,9H2,1H3. The predicted octanol–water partition coefficient (Wildman–Crippen LogP) is 0.600. The average molecular weight is 255 g/mol. The van der Waals surface area contributed by atoms with Crippen molar-refractivity contribution in [1.29, 1.82) is 0 Å². The topological polar surface area (TPSA) is 62.3 Å². The van der Waals surface area contributed by atoms with Gasteiger partial charge < -0.3 is 5.32 Å². The summed E-state index contributed by atoms with van der Waals surface area (Å²) in [7, 11) is -1.70. The normalized spacial score (nSPS) is 21.1. The summed E-state index contributed by atoms with van der Waals surface area (Å²) in [6, 6.07) is 3.49. The third-order valence-corrected chi connectivity index (χ3v) is 5.28. The van der Waals surface area contributed by atoms with Gasteiger partial charge in [0.2, 0.25) is 10.0 Å². The smallest absolute Gasteiger partial charge is 0.239 e. The number of aromatic nitrogens is 1. The zero-order chi connectivity index (χ0) is 12.3. The number of piperidine rings is 1. The third-order valence-electron chi connectivity index (χ3n) is 3.06. The first-order valence-corrected chi connectivity index (χ1v) is 7.21. The number of nitrogens with zero attached hydrogens (tertiary/aromatic N) is 2. The minimum atomic E-state index is -3.28. The number of pyridine rings is 1. The van der Waals surface area contributed by atoms with E-state index in [9.17, 15) is 8.42 Å². The highest BCUT2D eigenvalue weighted by molar-refractivity contribution is 7.93. The molecule has 0 aliphatic carbocycles. The lowest BCUT2D eigenvalue weighted by Crippen LogP contribution is -2.45. The van der Waals surface area contributed by atoms with Gasteiger partial charge in [0.25, 0.3) is 0 Å². The summed E-state index contributed by atoms with van der Waals surface area (Å²) in [6.45, 7) is 1.44. The zero-order valence-electron chi connectivity index (χ0n) is 9.83. The van der Waals surface area contributed by atoms with E-state index in [1.807, 2.05) is 0 Å². The van der Waals surface area contributed by atoms with E-state index < -0.39 is 10.0 Å². The Morgan fingerprint density at radius 2 is 2.35 bits per heavy atom. The molecule has 1 aliphatic rings. The molecule has 0 saturated carbocycles. The summed E-state index contributed by atoms with van der Waals surface area (Å²) in [5.74, 6) is 0. The Morgan fingerprint density at radius 3 is 2.94 bits per heavy atom. The van der Waals surface area contributed by atoms with E-state index >= 15 is 0 Å². The first-order valence-electron chi connectivity index (χ1n) is 5.71. The van der Waals surface area contributed by atoms with E-state index in [0.717, 1.165) is 19.4 Å². The fourth-order valence-electron chi connectivity index (χ4n) is 1.98. The van der Waals surface area contributed by atoms with Crippen molar-refractivity contribution in [3.8, 4) is 0 Å². The maximum Gasteiger partial charge on any atom is 0.239 e. The van der Waals surface area contributed by atoms with Crippen molar-refractivity contribution < 1.29 is 8.42 Å². The van der Waals surface area contributed by atoms with Crippen LogP contribution in [0.5, 0.6) is 0 Å². The number of anilines is 1. The number of sulfonamides is 1. The fourth-order valence-corrected chi connectivity index (χ4v) is 3.63. The van der Waals surface area contributed by atoms with E-state index in [-0.39, 0.29) is 5.25 Å². The molecule has 2 heterocycles. The Kier molecular flexibility index (Phi) is 3.63. The average Bonchev–Trinajstić information content (AvgIpc) is 2.40. The molecule has 0 aromatic carbocycles. The molecule has 6 heteroatoms. The highest BCUT2D eigenvalue weighted by Crippen LogP contribution is 2.20. The van der Waals surface area contributed by atoms with E-state index in [1.54, 1.807) is 31.6 Å². The van der Waals surface area contributed by atoms with Gasteiger partial charge in [-0.2, -0.15) is 0 Å². The van der Waals surface area contributed by atoms with Crippen LogP contribution in [0.2, 0.25) is 0 Å². The fraction of sp³-hybridized carbons (Fsp3) is 0.545. The lowest BCUT2D eigenvalue weighted by Gasteiger charge is -2.28. The van der Waals surface area contributed by atoms with Gasteiger partial charge in [-0.15, -0.1) is 0 Å². The van der Waals surface area contributed by atoms with Crippen LogP contribution in [0.3, 0.4) is 0 Å². The van der Waals surface area contributed by atoms with E-state index in [0.29, 0.717) is 12.2 Å². The molecule has 17 heavy (non-hydrogen) atoms.